The second-order valence-electron chi connectivity index (χ2n) is 6.02. The molecule has 20 heavy (non-hydrogen) atoms. The standard InChI is InChI=1S/C17H23NO2/c1-20-16-9-2-5-13(11-16)17(19)14-6-4-10-18(12-14)15-7-3-8-15/h2,5,9,11,14-15H,3-4,6-8,10,12H2,1H3. The minimum Gasteiger partial charge on any atom is -0.497 e. The van der Waals surface area contributed by atoms with Gasteiger partial charge >= 0.3 is 0 Å². The third-order valence-electron chi connectivity index (χ3n) is 4.77. The average Bonchev–Trinajstić information content (AvgIpc) is 2.45. The summed E-state index contributed by atoms with van der Waals surface area (Å²) in [5, 5.41) is 0. The van der Waals surface area contributed by atoms with Gasteiger partial charge in [0.25, 0.3) is 0 Å². The zero-order valence-electron chi connectivity index (χ0n) is 12.2. The summed E-state index contributed by atoms with van der Waals surface area (Å²) in [5.41, 5.74) is 0.796. The molecule has 1 aliphatic heterocycles. The summed E-state index contributed by atoms with van der Waals surface area (Å²) in [4.78, 5) is 15.2. The fourth-order valence-corrected chi connectivity index (χ4v) is 3.32. The number of hydrogen-bond donors (Lipinski definition) is 0. The predicted molar refractivity (Wildman–Crippen MR) is 79.3 cm³/mol. The Morgan fingerprint density at radius 2 is 2.10 bits per heavy atom. The number of ketones is 1. The van der Waals surface area contributed by atoms with Crippen LogP contribution in [-0.2, 0) is 0 Å². The van der Waals surface area contributed by atoms with Gasteiger partial charge in [-0.1, -0.05) is 18.6 Å². The van der Waals surface area contributed by atoms with E-state index in [9.17, 15) is 4.79 Å². The van der Waals surface area contributed by atoms with Crippen molar-refractivity contribution >= 4 is 5.78 Å². The van der Waals surface area contributed by atoms with Crippen molar-refractivity contribution in [2.75, 3.05) is 20.2 Å². The molecule has 1 saturated carbocycles. The number of nitrogens with zero attached hydrogens (tertiary/aromatic N) is 1. The normalized spacial score (nSPS) is 24.1. The maximum absolute atomic E-state index is 12.7. The number of carbonyl (C=O) groups excluding carboxylic acids is 1. The van der Waals surface area contributed by atoms with E-state index in [1.807, 2.05) is 24.3 Å². The second kappa shape index (κ2) is 5.96. The molecule has 1 aliphatic carbocycles. The number of rotatable bonds is 4. The van der Waals surface area contributed by atoms with E-state index in [0.717, 1.165) is 36.7 Å². The maximum Gasteiger partial charge on any atom is 0.167 e. The molecule has 1 saturated heterocycles. The third kappa shape index (κ3) is 2.73. The van der Waals surface area contributed by atoms with Crippen molar-refractivity contribution in [3.05, 3.63) is 29.8 Å². The molecule has 0 radical (unpaired) electrons. The molecule has 3 nitrogen and oxygen atoms in total. The summed E-state index contributed by atoms with van der Waals surface area (Å²) in [6, 6.07) is 8.31. The van der Waals surface area contributed by atoms with E-state index in [0.29, 0.717) is 0 Å². The first kappa shape index (κ1) is 13.6. The lowest BCUT2D eigenvalue weighted by Crippen LogP contribution is -2.47. The Morgan fingerprint density at radius 3 is 2.80 bits per heavy atom. The molecule has 0 amide bonds. The molecule has 1 unspecified atom stereocenters. The van der Waals surface area contributed by atoms with Gasteiger partial charge in [-0.25, -0.2) is 0 Å². The zero-order valence-corrected chi connectivity index (χ0v) is 12.2. The van der Waals surface area contributed by atoms with Crippen LogP contribution in [-0.4, -0.2) is 36.9 Å². The van der Waals surface area contributed by atoms with Crippen LogP contribution < -0.4 is 4.74 Å². The number of Topliss-reactive ketones (excluding diaryl/α,β-unsaturated/α-hetero) is 1. The third-order valence-corrected chi connectivity index (χ3v) is 4.77. The van der Waals surface area contributed by atoms with Crippen molar-refractivity contribution < 1.29 is 9.53 Å². The van der Waals surface area contributed by atoms with Crippen molar-refractivity contribution in [1.82, 2.24) is 4.90 Å². The van der Waals surface area contributed by atoms with E-state index in [1.54, 1.807) is 7.11 Å². The smallest absolute Gasteiger partial charge is 0.167 e. The lowest BCUT2D eigenvalue weighted by molar-refractivity contribution is 0.0612. The highest BCUT2D eigenvalue weighted by atomic mass is 16.5. The topological polar surface area (TPSA) is 29.5 Å². The van der Waals surface area contributed by atoms with Crippen LogP contribution >= 0.6 is 0 Å². The molecule has 0 spiro atoms. The van der Waals surface area contributed by atoms with Crippen LogP contribution in [0.15, 0.2) is 24.3 Å². The van der Waals surface area contributed by atoms with Crippen LogP contribution in [0.4, 0.5) is 0 Å². The molecule has 0 N–H and O–H groups in total. The van der Waals surface area contributed by atoms with Gasteiger partial charge in [-0.3, -0.25) is 9.69 Å². The quantitative estimate of drug-likeness (QED) is 0.789. The SMILES string of the molecule is COc1cccc(C(=O)C2CCCN(C3CCC3)C2)c1. The highest BCUT2D eigenvalue weighted by molar-refractivity contribution is 5.98. The van der Waals surface area contributed by atoms with Gasteiger partial charge in [-0.05, 0) is 44.4 Å². The van der Waals surface area contributed by atoms with E-state index >= 15 is 0 Å². The molecule has 3 heteroatoms. The van der Waals surface area contributed by atoms with Gasteiger partial charge in [0.05, 0.1) is 7.11 Å². The first-order valence-electron chi connectivity index (χ1n) is 7.70. The number of hydrogen-bond acceptors (Lipinski definition) is 3. The Hall–Kier alpha value is -1.35. The van der Waals surface area contributed by atoms with Crippen molar-refractivity contribution in [3.8, 4) is 5.75 Å². The molecular formula is C17H23NO2. The first-order chi connectivity index (χ1) is 9.78. The monoisotopic (exact) mass is 273 g/mol. The van der Waals surface area contributed by atoms with Crippen molar-refractivity contribution in [2.45, 2.75) is 38.1 Å². The predicted octanol–water partition coefficient (Wildman–Crippen LogP) is 3.14. The van der Waals surface area contributed by atoms with E-state index in [1.165, 1.54) is 25.8 Å². The van der Waals surface area contributed by atoms with Crippen LogP contribution in [0.3, 0.4) is 0 Å². The molecule has 0 aromatic heterocycles. The molecular weight excluding hydrogens is 250 g/mol. The molecule has 1 aromatic carbocycles. The number of benzene rings is 1. The number of carbonyl (C=O) groups is 1. The van der Waals surface area contributed by atoms with Crippen molar-refractivity contribution in [3.63, 3.8) is 0 Å². The van der Waals surface area contributed by atoms with Gasteiger partial charge in [0.1, 0.15) is 5.75 Å². The van der Waals surface area contributed by atoms with E-state index < -0.39 is 0 Å². The number of methoxy groups -OCH3 is 1. The summed E-state index contributed by atoms with van der Waals surface area (Å²) in [6.45, 7) is 2.12. The van der Waals surface area contributed by atoms with E-state index in [4.69, 9.17) is 4.74 Å². The highest BCUT2D eigenvalue weighted by Crippen LogP contribution is 2.30. The van der Waals surface area contributed by atoms with Gasteiger partial charge in [0, 0.05) is 24.1 Å². The van der Waals surface area contributed by atoms with Gasteiger partial charge in [-0.15, -0.1) is 0 Å². The van der Waals surface area contributed by atoms with Crippen molar-refractivity contribution in [1.29, 1.82) is 0 Å². The van der Waals surface area contributed by atoms with Crippen LogP contribution in [0.5, 0.6) is 5.75 Å². The van der Waals surface area contributed by atoms with Crippen LogP contribution in [0.25, 0.3) is 0 Å². The van der Waals surface area contributed by atoms with Gasteiger partial charge < -0.3 is 4.74 Å². The van der Waals surface area contributed by atoms with Crippen LogP contribution in [0.2, 0.25) is 0 Å². The molecule has 1 aromatic rings. The fraction of sp³-hybridized carbons (Fsp3) is 0.588. The highest BCUT2D eigenvalue weighted by Gasteiger charge is 2.32. The molecule has 0 bridgehead atoms. The first-order valence-corrected chi connectivity index (χ1v) is 7.70. The summed E-state index contributed by atoms with van der Waals surface area (Å²) in [7, 11) is 1.64. The molecule has 1 heterocycles. The summed E-state index contributed by atoms with van der Waals surface area (Å²) >= 11 is 0. The lowest BCUT2D eigenvalue weighted by atomic mass is 9.85. The number of ether oxygens (including phenoxy) is 1. The summed E-state index contributed by atoms with van der Waals surface area (Å²) in [6.07, 6.45) is 6.17. The Labute approximate surface area is 120 Å². The second-order valence-corrected chi connectivity index (χ2v) is 6.02. The minimum atomic E-state index is 0.163. The Kier molecular flexibility index (Phi) is 4.06. The Balaban J connectivity index is 1.69. The minimum absolute atomic E-state index is 0.163. The number of piperidine rings is 1. The van der Waals surface area contributed by atoms with E-state index in [2.05, 4.69) is 4.90 Å². The Bertz CT molecular complexity index is 482. The van der Waals surface area contributed by atoms with Crippen LogP contribution in [0.1, 0.15) is 42.5 Å². The largest absolute Gasteiger partial charge is 0.497 e. The van der Waals surface area contributed by atoms with Gasteiger partial charge in [0.2, 0.25) is 0 Å². The summed E-state index contributed by atoms with van der Waals surface area (Å²) in [5.74, 6) is 1.21. The maximum atomic E-state index is 12.7. The molecule has 2 fully saturated rings. The molecule has 3 rings (SSSR count). The van der Waals surface area contributed by atoms with Gasteiger partial charge in [0.15, 0.2) is 5.78 Å². The Morgan fingerprint density at radius 1 is 1.25 bits per heavy atom. The van der Waals surface area contributed by atoms with Gasteiger partial charge in [-0.2, -0.15) is 0 Å². The summed E-state index contributed by atoms with van der Waals surface area (Å²) < 4.78 is 5.22. The lowest BCUT2D eigenvalue weighted by Gasteiger charge is -2.42. The van der Waals surface area contributed by atoms with E-state index in [-0.39, 0.29) is 11.7 Å². The molecule has 2 aliphatic rings. The van der Waals surface area contributed by atoms with Crippen LogP contribution in [0, 0.1) is 5.92 Å². The average molecular weight is 273 g/mol. The molecule has 1 atom stereocenters. The number of likely N-dealkylation sites (tertiary alicyclic amines) is 1. The molecule has 108 valence electrons. The fourth-order valence-electron chi connectivity index (χ4n) is 3.32. The zero-order chi connectivity index (χ0) is 13.9. The van der Waals surface area contributed by atoms with Crippen molar-refractivity contribution in [2.24, 2.45) is 5.92 Å².